The number of primary amides is 1. The maximum atomic E-state index is 12.1. The molecule has 0 aliphatic rings. The van der Waals surface area contributed by atoms with Gasteiger partial charge in [-0.3, -0.25) is 14.4 Å². The van der Waals surface area contributed by atoms with Crippen LogP contribution < -0.4 is 15.8 Å². The van der Waals surface area contributed by atoms with E-state index in [9.17, 15) is 14.4 Å². The first-order chi connectivity index (χ1) is 11.0. The smallest absolute Gasteiger partial charge is 0.265 e. The molecule has 2 amide bonds. The number of carbonyl (C=O) groups is 3. The van der Waals surface area contributed by atoms with Gasteiger partial charge in [0.1, 0.15) is 5.75 Å². The molecule has 6 nitrogen and oxygen atoms in total. The maximum absolute atomic E-state index is 12.1. The quantitative estimate of drug-likeness (QED) is 0.797. The summed E-state index contributed by atoms with van der Waals surface area (Å²) in [6.07, 6.45) is -0.130. The summed E-state index contributed by atoms with van der Waals surface area (Å²) in [6, 6.07) is 12.8. The Morgan fingerprint density at radius 2 is 1.78 bits per heavy atom. The van der Waals surface area contributed by atoms with Gasteiger partial charge in [-0.1, -0.05) is 12.1 Å². The second kappa shape index (κ2) is 7.22. The van der Waals surface area contributed by atoms with Gasteiger partial charge in [-0.15, -0.1) is 0 Å². The number of ether oxygens (including phenoxy) is 1. The molecule has 0 unspecified atom stereocenters. The zero-order valence-corrected chi connectivity index (χ0v) is 12.5. The number of rotatable bonds is 6. The highest BCUT2D eigenvalue weighted by molar-refractivity contribution is 5.96. The molecule has 1 atom stereocenters. The Balaban J connectivity index is 2.02. The third-order valence-corrected chi connectivity index (χ3v) is 3.16. The Hall–Kier alpha value is -3.15. The molecule has 0 radical (unpaired) electrons. The Kier molecular flexibility index (Phi) is 5.09. The molecule has 23 heavy (non-hydrogen) atoms. The lowest BCUT2D eigenvalue weighted by atomic mass is 10.2. The molecule has 3 N–H and O–H groups in total. The molecule has 0 aliphatic heterocycles. The largest absolute Gasteiger partial charge is 0.480 e. The molecule has 0 aromatic heterocycles. The molecule has 0 bridgehead atoms. The minimum atomic E-state index is -0.799. The first-order valence-corrected chi connectivity index (χ1v) is 6.93. The molecule has 0 saturated carbocycles. The van der Waals surface area contributed by atoms with Crippen molar-refractivity contribution in [3.63, 3.8) is 0 Å². The molecule has 2 aromatic carbocycles. The van der Waals surface area contributed by atoms with E-state index in [1.54, 1.807) is 43.3 Å². The topological polar surface area (TPSA) is 98.5 Å². The van der Waals surface area contributed by atoms with Gasteiger partial charge < -0.3 is 15.8 Å². The number of hydrogen-bond donors (Lipinski definition) is 2. The first-order valence-electron chi connectivity index (χ1n) is 6.93. The van der Waals surface area contributed by atoms with E-state index in [4.69, 9.17) is 10.5 Å². The molecule has 2 aromatic rings. The normalized spacial score (nSPS) is 11.3. The van der Waals surface area contributed by atoms with Gasteiger partial charge in [-0.25, -0.2) is 0 Å². The lowest BCUT2D eigenvalue weighted by molar-refractivity contribution is -0.122. The van der Waals surface area contributed by atoms with Gasteiger partial charge in [-0.05, 0) is 43.3 Å². The molecule has 0 spiro atoms. The molecule has 0 aliphatic carbocycles. The molecule has 0 heterocycles. The number of aldehydes is 1. The zero-order valence-electron chi connectivity index (χ0n) is 12.5. The van der Waals surface area contributed by atoms with E-state index in [1.165, 1.54) is 12.1 Å². The summed E-state index contributed by atoms with van der Waals surface area (Å²) in [4.78, 5) is 34.1. The van der Waals surface area contributed by atoms with E-state index in [1.807, 2.05) is 0 Å². The third-order valence-electron chi connectivity index (χ3n) is 3.16. The lowest BCUT2D eigenvalue weighted by Crippen LogP contribution is -2.30. The van der Waals surface area contributed by atoms with E-state index < -0.39 is 12.0 Å². The number of carbonyl (C=O) groups excluding carboxylic acids is 3. The highest BCUT2D eigenvalue weighted by Gasteiger charge is 2.16. The molecule has 0 fully saturated rings. The van der Waals surface area contributed by atoms with Crippen LogP contribution in [0.4, 0.5) is 5.69 Å². The Bertz CT molecular complexity index is 726. The SMILES string of the molecule is C[C@H](Oc1ccccc1C=O)C(=O)Nc1ccc(C(N)=O)cc1. The number of nitrogens with two attached hydrogens (primary N) is 1. The minimum absolute atomic E-state index is 0.342. The number of para-hydroxylation sites is 1. The molecule has 0 saturated heterocycles. The number of hydrogen-bond acceptors (Lipinski definition) is 4. The van der Waals surface area contributed by atoms with Crippen LogP contribution in [-0.2, 0) is 4.79 Å². The van der Waals surface area contributed by atoms with Crippen LogP contribution in [-0.4, -0.2) is 24.2 Å². The van der Waals surface area contributed by atoms with E-state index in [0.717, 1.165) is 0 Å². The van der Waals surface area contributed by atoms with Crippen molar-refractivity contribution in [2.75, 3.05) is 5.32 Å². The van der Waals surface area contributed by atoms with Crippen molar-refractivity contribution in [1.82, 2.24) is 0 Å². The van der Waals surface area contributed by atoms with Crippen LogP contribution >= 0.6 is 0 Å². The highest BCUT2D eigenvalue weighted by atomic mass is 16.5. The van der Waals surface area contributed by atoms with Gasteiger partial charge in [-0.2, -0.15) is 0 Å². The predicted octanol–water partition coefficient (Wildman–Crippen LogP) is 2.00. The summed E-state index contributed by atoms with van der Waals surface area (Å²) in [5.41, 5.74) is 6.39. The van der Waals surface area contributed by atoms with Crippen molar-refractivity contribution in [3.05, 3.63) is 59.7 Å². The van der Waals surface area contributed by atoms with Crippen LogP contribution in [0.5, 0.6) is 5.75 Å². The second-order valence-electron chi connectivity index (χ2n) is 4.85. The average molecular weight is 312 g/mol. The summed E-state index contributed by atoms with van der Waals surface area (Å²) in [7, 11) is 0. The van der Waals surface area contributed by atoms with E-state index >= 15 is 0 Å². The molecular formula is C17H16N2O4. The molecule has 6 heteroatoms. The first kappa shape index (κ1) is 16.2. The molecule has 2 rings (SSSR count). The van der Waals surface area contributed by atoms with Crippen LogP contribution in [0.2, 0.25) is 0 Å². The van der Waals surface area contributed by atoms with Crippen molar-refractivity contribution in [2.45, 2.75) is 13.0 Å². The number of benzene rings is 2. The van der Waals surface area contributed by atoms with Crippen molar-refractivity contribution >= 4 is 23.8 Å². The maximum Gasteiger partial charge on any atom is 0.265 e. The average Bonchev–Trinajstić information content (AvgIpc) is 2.55. The zero-order chi connectivity index (χ0) is 16.8. The minimum Gasteiger partial charge on any atom is -0.480 e. The fourth-order valence-electron chi connectivity index (χ4n) is 1.89. The summed E-state index contributed by atoms with van der Waals surface area (Å²) in [6.45, 7) is 1.58. The van der Waals surface area contributed by atoms with Crippen LogP contribution in [0, 0.1) is 0 Å². The van der Waals surface area contributed by atoms with Gasteiger partial charge in [0.15, 0.2) is 12.4 Å². The summed E-state index contributed by atoms with van der Waals surface area (Å²) in [5.74, 6) is -0.572. The van der Waals surface area contributed by atoms with E-state index in [0.29, 0.717) is 28.8 Å². The van der Waals surface area contributed by atoms with Gasteiger partial charge >= 0.3 is 0 Å². The van der Waals surface area contributed by atoms with Crippen molar-refractivity contribution in [3.8, 4) is 5.75 Å². The standard InChI is InChI=1S/C17H16N2O4/c1-11(23-15-5-3-2-4-13(15)10-20)17(22)19-14-8-6-12(7-9-14)16(18)21/h2-11H,1H3,(H2,18,21)(H,19,22)/t11-/m0/s1. The van der Waals surface area contributed by atoms with Gasteiger partial charge in [0.05, 0.1) is 5.56 Å². The number of nitrogens with one attached hydrogen (secondary N) is 1. The van der Waals surface area contributed by atoms with Gasteiger partial charge in [0, 0.05) is 11.3 Å². The fraction of sp³-hybridized carbons (Fsp3) is 0.118. The second-order valence-corrected chi connectivity index (χ2v) is 4.85. The summed E-state index contributed by atoms with van der Waals surface area (Å²) in [5, 5.41) is 2.66. The van der Waals surface area contributed by atoms with Crippen LogP contribution in [0.3, 0.4) is 0 Å². The Morgan fingerprint density at radius 3 is 2.39 bits per heavy atom. The van der Waals surface area contributed by atoms with E-state index in [2.05, 4.69) is 5.32 Å². The lowest BCUT2D eigenvalue weighted by Gasteiger charge is -2.16. The third kappa shape index (κ3) is 4.16. The predicted molar refractivity (Wildman–Crippen MR) is 85.5 cm³/mol. The Labute approximate surface area is 133 Å². The highest BCUT2D eigenvalue weighted by Crippen LogP contribution is 2.18. The van der Waals surface area contributed by atoms with Crippen LogP contribution in [0.1, 0.15) is 27.6 Å². The monoisotopic (exact) mass is 312 g/mol. The van der Waals surface area contributed by atoms with Crippen LogP contribution in [0.25, 0.3) is 0 Å². The Morgan fingerprint density at radius 1 is 1.13 bits per heavy atom. The number of amides is 2. The summed E-state index contributed by atoms with van der Waals surface area (Å²) < 4.78 is 5.51. The molecular weight excluding hydrogens is 296 g/mol. The van der Waals surface area contributed by atoms with Crippen molar-refractivity contribution < 1.29 is 19.1 Å². The van der Waals surface area contributed by atoms with E-state index in [-0.39, 0.29) is 5.91 Å². The van der Waals surface area contributed by atoms with Gasteiger partial charge in [0.25, 0.3) is 5.91 Å². The van der Waals surface area contributed by atoms with Crippen molar-refractivity contribution in [2.24, 2.45) is 5.73 Å². The molecule has 118 valence electrons. The van der Waals surface area contributed by atoms with Crippen LogP contribution in [0.15, 0.2) is 48.5 Å². The number of anilines is 1. The summed E-state index contributed by atoms with van der Waals surface area (Å²) >= 11 is 0. The van der Waals surface area contributed by atoms with Gasteiger partial charge in [0.2, 0.25) is 5.91 Å². The fourth-order valence-corrected chi connectivity index (χ4v) is 1.89. The van der Waals surface area contributed by atoms with Crippen molar-refractivity contribution in [1.29, 1.82) is 0 Å².